The molecule has 0 atom stereocenters. The second-order valence-electron chi connectivity index (χ2n) is 4.74. The van der Waals surface area contributed by atoms with Gasteiger partial charge in [-0.25, -0.2) is 5.43 Å². The van der Waals surface area contributed by atoms with Crippen molar-refractivity contribution in [2.45, 2.75) is 6.92 Å². The van der Waals surface area contributed by atoms with Crippen LogP contribution >= 0.6 is 39.5 Å². The molecule has 2 rings (SSSR count). The van der Waals surface area contributed by atoms with Crippen molar-refractivity contribution in [2.24, 2.45) is 5.10 Å². The Hall–Kier alpha value is -2.17. The van der Waals surface area contributed by atoms with Crippen LogP contribution in [0.2, 0.25) is 0 Å². The Bertz CT molecular complexity index is 892. The summed E-state index contributed by atoms with van der Waals surface area (Å²) in [5.41, 5.74) is 2.71. The molecule has 26 heavy (non-hydrogen) atoms. The standard InChI is InChI=1S/C16H16BrN3O4S2/c1-3-5-24-12-7-10(17)9(6-11(12)23-4-2)14(21)20-18-8-13-15(22)19-16(25)26-13/h3,6-8,22H,1,4-5H2,2H3,(H,19,25)(H,20,21)/b18-8+. The van der Waals surface area contributed by atoms with Crippen LogP contribution in [0, 0.1) is 3.95 Å². The van der Waals surface area contributed by atoms with Crippen LogP contribution in [0.5, 0.6) is 17.4 Å². The third-order valence-corrected chi connectivity index (χ3v) is 4.75. The molecule has 0 spiro atoms. The van der Waals surface area contributed by atoms with Crippen LogP contribution in [-0.2, 0) is 0 Å². The zero-order valence-corrected chi connectivity index (χ0v) is 17.0. The number of aromatic hydroxyl groups is 1. The van der Waals surface area contributed by atoms with E-state index in [1.54, 1.807) is 18.2 Å². The van der Waals surface area contributed by atoms with Crippen molar-refractivity contribution in [2.75, 3.05) is 13.2 Å². The Balaban J connectivity index is 2.19. The molecule has 0 saturated heterocycles. The molecule has 1 heterocycles. The number of ether oxygens (including phenoxy) is 2. The van der Waals surface area contributed by atoms with Gasteiger partial charge in [0.1, 0.15) is 11.5 Å². The summed E-state index contributed by atoms with van der Waals surface area (Å²) in [7, 11) is 0. The fraction of sp³-hybridized carbons (Fsp3) is 0.188. The molecule has 3 N–H and O–H groups in total. The Morgan fingerprint density at radius 2 is 2.23 bits per heavy atom. The number of amides is 1. The van der Waals surface area contributed by atoms with Crippen LogP contribution in [0.1, 0.15) is 22.2 Å². The number of benzene rings is 1. The number of H-pyrrole nitrogens is 1. The molecule has 0 unspecified atom stereocenters. The van der Waals surface area contributed by atoms with E-state index >= 15 is 0 Å². The van der Waals surface area contributed by atoms with Crippen molar-refractivity contribution >= 4 is 51.6 Å². The molecule has 2 aromatic rings. The van der Waals surface area contributed by atoms with E-state index in [1.165, 1.54) is 6.21 Å². The van der Waals surface area contributed by atoms with Gasteiger partial charge in [-0.3, -0.25) is 4.79 Å². The summed E-state index contributed by atoms with van der Waals surface area (Å²) >= 11 is 9.40. The van der Waals surface area contributed by atoms with Gasteiger partial charge in [0, 0.05) is 4.47 Å². The molecule has 0 radical (unpaired) electrons. The molecule has 0 aliphatic rings. The number of aromatic nitrogens is 1. The number of hydrazone groups is 1. The summed E-state index contributed by atoms with van der Waals surface area (Å²) in [6, 6.07) is 3.21. The van der Waals surface area contributed by atoms with Crippen LogP contribution in [0.4, 0.5) is 0 Å². The number of halogens is 1. The van der Waals surface area contributed by atoms with E-state index in [0.29, 0.717) is 43.6 Å². The zero-order valence-electron chi connectivity index (χ0n) is 13.7. The van der Waals surface area contributed by atoms with E-state index in [-0.39, 0.29) is 5.88 Å². The highest BCUT2D eigenvalue weighted by Gasteiger charge is 2.16. The van der Waals surface area contributed by atoms with Gasteiger partial charge >= 0.3 is 0 Å². The van der Waals surface area contributed by atoms with Gasteiger partial charge in [-0.2, -0.15) is 5.10 Å². The van der Waals surface area contributed by atoms with Gasteiger partial charge in [-0.15, -0.1) is 0 Å². The summed E-state index contributed by atoms with van der Waals surface area (Å²) in [5.74, 6) is 0.383. The maximum absolute atomic E-state index is 12.4. The maximum atomic E-state index is 12.4. The molecule has 0 fully saturated rings. The van der Waals surface area contributed by atoms with Gasteiger partial charge in [0.15, 0.2) is 15.5 Å². The van der Waals surface area contributed by atoms with Crippen LogP contribution in [0.15, 0.2) is 34.4 Å². The Morgan fingerprint density at radius 1 is 1.50 bits per heavy atom. The average Bonchev–Trinajstić information content (AvgIpc) is 2.92. The number of hydrogen-bond acceptors (Lipinski definition) is 7. The van der Waals surface area contributed by atoms with Gasteiger partial charge < -0.3 is 19.6 Å². The average molecular weight is 458 g/mol. The quantitative estimate of drug-likeness (QED) is 0.241. The second kappa shape index (κ2) is 9.51. The Kier molecular flexibility index (Phi) is 7.37. The number of carbonyl (C=O) groups excluding carboxylic acids is 1. The Labute approximate surface area is 167 Å². The summed E-state index contributed by atoms with van der Waals surface area (Å²) in [6.07, 6.45) is 2.92. The predicted molar refractivity (Wildman–Crippen MR) is 107 cm³/mol. The summed E-state index contributed by atoms with van der Waals surface area (Å²) in [6.45, 7) is 6.17. The first kappa shape index (κ1) is 20.1. The smallest absolute Gasteiger partial charge is 0.272 e. The number of hydrogen-bond donors (Lipinski definition) is 3. The molecular formula is C16H16BrN3O4S2. The number of thiazole rings is 1. The maximum Gasteiger partial charge on any atom is 0.272 e. The van der Waals surface area contributed by atoms with Crippen molar-refractivity contribution in [1.82, 2.24) is 10.4 Å². The van der Waals surface area contributed by atoms with Gasteiger partial charge in [-0.1, -0.05) is 24.0 Å². The van der Waals surface area contributed by atoms with Gasteiger partial charge in [0.05, 0.1) is 18.4 Å². The lowest BCUT2D eigenvalue weighted by Crippen LogP contribution is -2.18. The fourth-order valence-corrected chi connectivity index (χ4v) is 3.34. The highest BCUT2D eigenvalue weighted by molar-refractivity contribution is 9.10. The molecule has 10 heteroatoms. The van der Waals surface area contributed by atoms with E-state index in [0.717, 1.165) is 11.3 Å². The third kappa shape index (κ3) is 5.16. The summed E-state index contributed by atoms with van der Waals surface area (Å²) in [5, 5.41) is 13.4. The van der Waals surface area contributed by atoms with Crippen LogP contribution < -0.4 is 14.9 Å². The SMILES string of the molecule is C=CCOc1cc(Br)c(C(=O)N/N=C/c2sc(=S)[nH]c2O)cc1OCC. The predicted octanol–water partition coefficient (Wildman–Crippen LogP) is 4.00. The molecule has 1 amide bonds. The topological polar surface area (TPSA) is 95.9 Å². The lowest BCUT2D eigenvalue weighted by atomic mass is 10.2. The monoisotopic (exact) mass is 457 g/mol. The minimum atomic E-state index is -0.456. The number of nitrogens with one attached hydrogen (secondary N) is 2. The molecule has 1 aromatic heterocycles. The minimum absolute atomic E-state index is 0.0958. The van der Waals surface area contributed by atoms with Gasteiger partial charge in [-0.05, 0) is 47.2 Å². The second-order valence-corrected chi connectivity index (χ2v) is 7.31. The molecule has 0 saturated carbocycles. The highest BCUT2D eigenvalue weighted by atomic mass is 79.9. The lowest BCUT2D eigenvalue weighted by Gasteiger charge is -2.13. The van der Waals surface area contributed by atoms with Crippen molar-refractivity contribution in [1.29, 1.82) is 0 Å². The van der Waals surface area contributed by atoms with Crippen molar-refractivity contribution in [3.8, 4) is 17.4 Å². The van der Waals surface area contributed by atoms with Gasteiger partial charge in [0.2, 0.25) is 5.88 Å². The van der Waals surface area contributed by atoms with E-state index in [9.17, 15) is 9.90 Å². The first-order chi connectivity index (χ1) is 12.5. The van der Waals surface area contributed by atoms with Crippen molar-refractivity contribution < 1.29 is 19.4 Å². The normalized spacial score (nSPS) is 10.7. The zero-order chi connectivity index (χ0) is 19.1. The minimum Gasteiger partial charge on any atom is -0.494 e. The number of aromatic amines is 1. The first-order valence-corrected chi connectivity index (χ1v) is 9.43. The van der Waals surface area contributed by atoms with Gasteiger partial charge in [0.25, 0.3) is 5.91 Å². The molecule has 138 valence electrons. The Morgan fingerprint density at radius 3 is 2.85 bits per heavy atom. The van der Waals surface area contributed by atoms with Crippen LogP contribution in [-0.4, -0.2) is 35.4 Å². The number of rotatable bonds is 8. The van der Waals surface area contributed by atoms with E-state index in [1.807, 2.05) is 6.92 Å². The van der Waals surface area contributed by atoms with Crippen molar-refractivity contribution in [3.05, 3.63) is 43.7 Å². The summed E-state index contributed by atoms with van der Waals surface area (Å²) < 4.78 is 12.0. The highest BCUT2D eigenvalue weighted by Crippen LogP contribution is 2.34. The van der Waals surface area contributed by atoms with E-state index in [4.69, 9.17) is 21.7 Å². The fourth-order valence-electron chi connectivity index (χ4n) is 1.87. The molecule has 0 bridgehead atoms. The molecule has 1 aromatic carbocycles. The molecule has 0 aliphatic carbocycles. The van der Waals surface area contributed by atoms with E-state index < -0.39 is 5.91 Å². The molecule has 0 aliphatic heterocycles. The van der Waals surface area contributed by atoms with Crippen LogP contribution in [0.25, 0.3) is 0 Å². The first-order valence-electron chi connectivity index (χ1n) is 7.41. The van der Waals surface area contributed by atoms with E-state index in [2.05, 4.69) is 38.0 Å². The summed E-state index contributed by atoms with van der Waals surface area (Å²) in [4.78, 5) is 15.4. The number of carbonyl (C=O) groups is 1. The third-order valence-electron chi connectivity index (χ3n) is 2.94. The van der Waals surface area contributed by atoms with Crippen LogP contribution in [0.3, 0.4) is 0 Å². The lowest BCUT2D eigenvalue weighted by molar-refractivity contribution is 0.0953. The van der Waals surface area contributed by atoms with Crippen molar-refractivity contribution in [3.63, 3.8) is 0 Å². The number of nitrogens with zero attached hydrogens (tertiary/aromatic N) is 1. The largest absolute Gasteiger partial charge is 0.494 e. The molecule has 7 nitrogen and oxygen atoms in total. The molecular weight excluding hydrogens is 442 g/mol.